The molecule has 0 unspecified atom stereocenters. The van der Waals surface area contributed by atoms with Gasteiger partial charge in [-0.25, -0.2) is 0 Å². The van der Waals surface area contributed by atoms with E-state index >= 15 is 0 Å². The third-order valence-corrected chi connectivity index (χ3v) is 7.26. The predicted octanol–water partition coefficient (Wildman–Crippen LogP) is 9.39. The maximum atomic E-state index is 5.74. The van der Waals surface area contributed by atoms with Gasteiger partial charge in [-0.15, -0.1) is 50.5 Å². The first-order valence-electron chi connectivity index (χ1n) is 10.5. The molecular weight excluding hydrogens is 548 g/mol. The van der Waals surface area contributed by atoms with Crippen LogP contribution in [0.5, 0.6) is 5.75 Å². The fourth-order valence-corrected chi connectivity index (χ4v) is 5.50. The molecule has 4 rings (SSSR count). The van der Waals surface area contributed by atoms with Gasteiger partial charge in [0.05, 0.1) is 6.61 Å². The van der Waals surface area contributed by atoms with Gasteiger partial charge >= 0.3 is 0 Å². The Bertz CT molecular complexity index is 1320. The molecule has 0 fully saturated rings. The van der Waals surface area contributed by atoms with E-state index in [1.54, 1.807) is 0 Å². The van der Waals surface area contributed by atoms with Gasteiger partial charge < -0.3 is 4.74 Å². The van der Waals surface area contributed by atoms with Gasteiger partial charge in [-0.1, -0.05) is 59.3 Å². The summed E-state index contributed by atoms with van der Waals surface area (Å²) in [5, 5.41) is 0. The molecule has 0 bridgehead atoms. The van der Waals surface area contributed by atoms with Gasteiger partial charge in [0.15, 0.2) is 0 Å². The number of halogens is 1. The average molecular weight is 572 g/mol. The molecule has 0 N–H and O–H groups in total. The van der Waals surface area contributed by atoms with Crippen molar-refractivity contribution in [2.75, 3.05) is 6.61 Å². The molecule has 0 radical (unpaired) electrons. The van der Waals surface area contributed by atoms with Gasteiger partial charge in [-0.05, 0) is 76.2 Å². The van der Waals surface area contributed by atoms with Crippen molar-refractivity contribution in [2.45, 2.75) is 32.9 Å². The second-order valence-electron chi connectivity index (χ2n) is 7.66. The summed E-state index contributed by atoms with van der Waals surface area (Å²) in [5.41, 5.74) is 6.37. The summed E-state index contributed by atoms with van der Waals surface area (Å²) in [6, 6.07) is 24.7. The van der Waals surface area contributed by atoms with Crippen LogP contribution in [-0.2, 0) is 0 Å². The largest absolute Gasteiger partial charge is 0.492 e. The molecular formula is C27H23BrOS4. The highest BCUT2D eigenvalue weighted by Crippen LogP contribution is 2.38. The van der Waals surface area contributed by atoms with E-state index in [2.05, 4.69) is 90.6 Å². The molecule has 33 heavy (non-hydrogen) atoms. The van der Waals surface area contributed by atoms with E-state index in [9.17, 15) is 0 Å². The van der Waals surface area contributed by atoms with Gasteiger partial charge in [0.1, 0.15) is 5.75 Å². The fraction of sp³-hybridized carbons (Fsp3) is 0.111. The Morgan fingerprint density at radius 1 is 0.606 bits per heavy atom. The Labute approximate surface area is 225 Å². The third kappa shape index (κ3) is 5.63. The first-order valence-corrected chi connectivity index (χ1v) is 13.1. The molecule has 0 spiro atoms. The second-order valence-corrected chi connectivity index (χ2v) is 10.5. The highest BCUT2D eigenvalue weighted by atomic mass is 79.9. The van der Waals surface area contributed by atoms with E-state index < -0.39 is 0 Å². The fourth-order valence-electron chi connectivity index (χ4n) is 3.65. The lowest BCUT2D eigenvalue weighted by atomic mass is 9.97. The maximum absolute atomic E-state index is 5.74. The number of hydrogen-bond donors (Lipinski definition) is 4. The standard InChI is InChI=1S/C27H23BrOS4/c1-2-11-29-23-10-5-18(14-27(23)33)21-8-3-16(12-25(21)31)20-7-4-17(13-24(20)30)22-9-6-19(28)15-26(22)32/h3-10,12-15,30-33H,2,11H2,1H3. The monoisotopic (exact) mass is 570 g/mol. The van der Waals surface area contributed by atoms with Crippen LogP contribution in [0.25, 0.3) is 33.4 Å². The Hall–Kier alpha value is -1.44. The molecule has 0 heterocycles. The zero-order valence-electron chi connectivity index (χ0n) is 17.9. The first-order chi connectivity index (χ1) is 15.9. The van der Waals surface area contributed by atoms with Gasteiger partial charge in [0, 0.05) is 24.1 Å². The molecule has 0 atom stereocenters. The Morgan fingerprint density at radius 2 is 1.06 bits per heavy atom. The van der Waals surface area contributed by atoms with E-state index in [-0.39, 0.29) is 0 Å². The van der Waals surface area contributed by atoms with Gasteiger partial charge in [-0.2, -0.15) is 0 Å². The van der Waals surface area contributed by atoms with E-state index in [1.165, 1.54) is 0 Å². The van der Waals surface area contributed by atoms with Crippen LogP contribution in [0.3, 0.4) is 0 Å². The zero-order chi connectivity index (χ0) is 23.5. The summed E-state index contributed by atoms with van der Waals surface area (Å²) in [7, 11) is 0. The van der Waals surface area contributed by atoms with Crippen LogP contribution in [0.2, 0.25) is 0 Å². The van der Waals surface area contributed by atoms with Crippen molar-refractivity contribution in [3.05, 3.63) is 77.3 Å². The van der Waals surface area contributed by atoms with Crippen molar-refractivity contribution in [3.8, 4) is 39.1 Å². The number of hydrogen-bond acceptors (Lipinski definition) is 5. The SMILES string of the molecule is CCCOc1ccc(-c2ccc(-c3ccc(-c4ccc(Br)cc4S)cc3S)cc2S)cc1S. The van der Waals surface area contributed by atoms with E-state index in [4.69, 9.17) is 30.0 Å². The lowest BCUT2D eigenvalue weighted by Crippen LogP contribution is -1.96. The van der Waals surface area contributed by atoms with Crippen molar-refractivity contribution < 1.29 is 4.74 Å². The molecule has 0 amide bonds. The molecule has 168 valence electrons. The smallest absolute Gasteiger partial charge is 0.132 e. The zero-order valence-corrected chi connectivity index (χ0v) is 23.1. The highest BCUT2D eigenvalue weighted by Gasteiger charge is 2.11. The summed E-state index contributed by atoms with van der Waals surface area (Å²) < 4.78 is 6.75. The molecule has 0 aliphatic carbocycles. The van der Waals surface area contributed by atoms with Crippen LogP contribution >= 0.6 is 66.4 Å². The average Bonchev–Trinajstić information content (AvgIpc) is 2.78. The lowest BCUT2D eigenvalue weighted by molar-refractivity contribution is 0.310. The summed E-state index contributed by atoms with van der Waals surface area (Å²) in [6.07, 6.45) is 0.963. The van der Waals surface area contributed by atoms with Gasteiger partial charge in [0.2, 0.25) is 0 Å². The molecule has 1 nitrogen and oxygen atoms in total. The molecule has 6 heteroatoms. The van der Waals surface area contributed by atoms with E-state index in [0.717, 1.165) is 69.6 Å². The Kier molecular flexibility index (Phi) is 8.13. The predicted molar refractivity (Wildman–Crippen MR) is 155 cm³/mol. The minimum absolute atomic E-state index is 0.682. The van der Waals surface area contributed by atoms with E-state index in [1.807, 2.05) is 30.3 Å². The van der Waals surface area contributed by atoms with Crippen molar-refractivity contribution in [2.24, 2.45) is 0 Å². The lowest BCUT2D eigenvalue weighted by Gasteiger charge is -2.14. The van der Waals surface area contributed by atoms with Crippen LogP contribution in [0, 0.1) is 0 Å². The molecule has 0 aromatic heterocycles. The van der Waals surface area contributed by atoms with Crippen molar-refractivity contribution in [1.82, 2.24) is 0 Å². The molecule has 0 saturated carbocycles. The van der Waals surface area contributed by atoms with Crippen molar-refractivity contribution in [3.63, 3.8) is 0 Å². The Morgan fingerprint density at radius 3 is 1.52 bits per heavy atom. The molecule has 4 aromatic rings. The Balaban J connectivity index is 1.64. The number of thiol groups is 4. The molecule has 4 aromatic carbocycles. The summed E-state index contributed by atoms with van der Waals surface area (Å²) in [4.78, 5) is 3.53. The summed E-state index contributed by atoms with van der Waals surface area (Å²) >= 11 is 22.3. The minimum atomic E-state index is 0.682. The van der Waals surface area contributed by atoms with Crippen LogP contribution in [0.15, 0.2) is 96.9 Å². The normalized spacial score (nSPS) is 11.0. The third-order valence-electron chi connectivity index (χ3n) is 5.31. The summed E-state index contributed by atoms with van der Waals surface area (Å²) in [5.74, 6) is 0.802. The quantitative estimate of drug-likeness (QED) is 0.169. The van der Waals surface area contributed by atoms with E-state index in [0.29, 0.717) is 6.61 Å². The second kappa shape index (κ2) is 10.9. The minimum Gasteiger partial charge on any atom is -0.492 e. The van der Waals surface area contributed by atoms with Crippen molar-refractivity contribution >= 4 is 66.4 Å². The van der Waals surface area contributed by atoms with Crippen LogP contribution in [0.4, 0.5) is 0 Å². The number of benzene rings is 4. The molecule has 0 aliphatic rings. The first kappa shape index (κ1) is 24.7. The van der Waals surface area contributed by atoms with Crippen LogP contribution in [0.1, 0.15) is 13.3 Å². The topological polar surface area (TPSA) is 9.23 Å². The highest BCUT2D eigenvalue weighted by molar-refractivity contribution is 9.10. The van der Waals surface area contributed by atoms with Gasteiger partial charge in [-0.3, -0.25) is 0 Å². The molecule has 0 saturated heterocycles. The number of rotatable bonds is 6. The van der Waals surface area contributed by atoms with Crippen molar-refractivity contribution in [1.29, 1.82) is 0 Å². The van der Waals surface area contributed by atoms with Gasteiger partial charge in [0.25, 0.3) is 0 Å². The van der Waals surface area contributed by atoms with Crippen LogP contribution in [-0.4, -0.2) is 6.61 Å². The maximum Gasteiger partial charge on any atom is 0.132 e. The van der Waals surface area contributed by atoms with Crippen LogP contribution < -0.4 is 4.74 Å². The summed E-state index contributed by atoms with van der Waals surface area (Å²) in [6.45, 7) is 2.77. The number of ether oxygens (including phenoxy) is 1. The molecule has 0 aliphatic heterocycles.